The lowest BCUT2D eigenvalue weighted by atomic mass is 10.1. The average Bonchev–Trinajstić information content (AvgIpc) is 2.66. The Balaban J connectivity index is 2.19. The standard InChI is InChI=1S/C22H27ClN2O3/c1-4-6-7-16-8-9-18(19(23)12-16)14-24-21-13-17(22(27)28-5-2)10-11-20(21)25-15(3)26/h8-13,24H,4-7,14H2,1-3H3,(H,25,26). The van der Waals surface area contributed by atoms with Crippen molar-refractivity contribution in [3.63, 3.8) is 0 Å². The Labute approximate surface area is 171 Å². The van der Waals surface area contributed by atoms with E-state index in [9.17, 15) is 9.59 Å². The fourth-order valence-corrected chi connectivity index (χ4v) is 3.06. The summed E-state index contributed by atoms with van der Waals surface area (Å²) < 4.78 is 5.06. The van der Waals surface area contributed by atoms with E-state index in [1.165, 1.54) is 12.5 Å². The summed E-state index contributed by atoms with van der Waals surface area (Å²) in [5.74, 6) is -0.594. The first kappa shape index (κ1) is 21.8. The Morgan fingerprint density at radius 3 is 2.50 bits per heavy atom. The Kier molecular flexibility index (Phi) is 8.33. The van der Waals surface area contributed by atoms with Crippen LogP contribution in [0.5, 0.6) is 0 Å². The Bertz CT molecular complexity index is 837. The van der Waals surface area contributed by atoms with Gasteiger partial charge in [-0.2, -0.15) is 0 Å². The number of hydrogen-bond donors (Lipinski definition) is 2. The molecule has 2 aromatic carbocycles. The highest BCUT2D eigenvalue weighted by Crippen LogP contribution is 2.26. The molecule has 6 heteroatoms. The normalized spacial score (nSPS) is 10.4. The van der Waals surface area contributed by atoms with Crippen molar-refractivity contribution in [2.24, 2.45) is 0 Å². The molecule has 0 aliphatic heterocycles. The quantitative estimate of drug-likeness (QED) is 0.549. The van der Waals surface area contributed by atoms with Gasteiger partial charge in [-0.05, 0) is 55.2 Å². The number of anilines is 2. The lowest BCUT2D eigenvalue weighted by Crippen LogP contribution is -2.11. The second-order valence-electron chi connectivity index (χ2n) is 6.54. The Morgan fingerprint density at radius 1 is 1.07 bits per heavy atom. The van der Waals surface area contributed by atoms with Crippen LogP contribution in [0.4, 0.5) is 11.4 Å². The minimum Gasteiger partial charge on any atom is -0.462 e. The summed E-state index contributed by atoms with van der Waals surface area (Å²) in [6.45, 7) is 6.13. The Hall–Kier alpha value is -2.53. The molecule has 0 aliphatic rings. The fourth-order valence-electron chi connectivity index (χ4n) is 2.79. The van der Waals surface area contributed by atoms with Gasteiger partial charge in [0.25, 0.3) is 0 Å². The predicted molar refractivity (Wildman–Crippen MR) is 114 cm³/mol. The van der Waals surface area contributed by atoms with Crippen LogP contribution in [0.1, 0.15) is 55.1 Å². The van der Waals surface area contributed by atoms with Gasteiger partial charge in [-0.15, -0.1) is 0 Å². The number of halogens is 1. The van der Waals surface area contributed by atoms with Gasteiger partial charge in [-0.1, -0.05) is 37.1 Å². The molecular formula is C22H27ClN2O3. The van der Waals surface area contributed by atoms with Crippen molar-refractivity contribution in [3.8, 4) is 0 Å². The molecule has 0 aromatic heterocycles. The summed E-state index contributed by atoms with van der Waals surface area (Å²) in [5, 5.41) is 6.73. The third-order valence-corrected chi connectivity index (χ3v) is 4.60. The molecule has 0 saturated carbocycles. The van der Waals surface area contributed by atoms with Crippen molar-refractivity contribution in [3.05, 3.63) is 58.1 Å². The molecule has 5 nitrogen and oxygen atoms in total. The van der Waals surface area contributed by atoms with Crippen LogP contribution in [0.15, 0.2) is 36.4 Å². The molecule has 150 valence electrons. The van der Waals surface area contributed by atoms with Gasteiger partial charge in [-0.3, -0.25) is 4.79 Å². The molecule has 0 saturated heterocycles. The molecule has 28 heavy (non-hydrogen) atoms. The number of amides is 1. The minimum atomic E-state index is -0.404. The van der Waals surface area contributed by atoms with Crippen LogP contribution < -0.4 is 10.6 Å². The van der Waals surface area contributed by atoms with Gasteiger partial charge in [0.2, 0.25) is 5.91 Å². The van der Waals surface area contributed by atoms with Crippen molar-refractivity contribution < 1.29 is 14.3 Å². The van der Waals surface area contributed by atoms with Crippen molar-refractivity contribution >= 4 is 34.9 Å². The minimum absolute atomic E-state index is 0.190. The van der Waals surface area contributed by atoms with Crippen molar-refractivity contribution in [2.75, 3.05) is 17.2 Å². The van der Waals surface area contributed by atoms with Gasteiger partial charge in [0.15, 0.2) is 0 Å². The number of unbranched alkanes of at least 4 members (excludes halogenated alkanes) is 1. The number of carbonyl (C=O) groups is 2. The number of nitrogens with one attached hydrogen (secondary N) is 2. The summed E-state index contributed by atoms with van der Waals surface area (Å²) in [4.78, 5) is 23.5. The number of rotatable bonds is 9. The molecule has 0 heterocycles. The topological polar surface area (TPSA) is 67.4 Å². The molecule has 0 unspecified atom stereocenters. The summed E-state index contributed by atoms with van der Waals surface area (Å²) in [6, 6.07) is 11.1. The molecular weight excluding hydrogens is 376 g/mol. The van der Waals surface area contributed by atoms with E-state index >= 15 is 0 Å². The van der Waals surface area contributed by atoms with E-state index in [2.05, 4.69) is 23.6 Å². The van der Waals surface area contributed by atoms with E-state index in [-0.39, 0.29) is 5.91 Å². The molecule has 0 atom stereocenters. The van der Waals surface area contributed by atoms with Gasteiger partial charge in [0, 0.05) is 18.5 Å². The number of ether oxygens (including phenoxy) is 1. The molecule has 2 N–H and O–H groups in total. The van der Waals surface area contributed by atoms with Crippen LogP contribution in [0.2, 0.25) is 5.02 Å². The van der Waals surface area contributed by atoms with Crippen LogP contribution in [-0.4, -0.2) is 18.5 Å². The maximum absolute atomic E-state index is 12.0. The maximum Gasteiger partial charge on any atom is 0.338 e. The lowest BCUT2D eigenvalue weighted by molar-refractivity contribution is -0.114. The molecule has 0 fully saturated rings. The highest BCUT2D eigenvalue weighted by atomic mass is 35.5. The van der Waals surface area contributed by atoms with E-state index in [0.717, 1.165) is 24.8 Å². The van der Waals surface area contributed by atoms with Crippen LogP contribution in [0, 0.1) is 0 Å². The third-order valence-electron chi connectivity index (χ3n) is 4.25. The first-order valence-electron chi connectivity index (χ1n) is 9.54. The lowest BCUT2D eigenvalue weighted by Gasteiger charge is -2.15. The van der Waals surface area contributed by atoms with E-state index in [1.54, 1.807) is 25.1 Å². The summed E-state index contributed by atoms with van der Waals surface area (Å²) in [7, 11) is 0. The molecule has 0 aliphatic carbocycles. The molecule has 0 spiro atoms. The summed E-state index contributed by atoms with van der Waals surface area (Å²) in [5.41, 5.74) is 3.80. The van der Waals surface area contributed by atoms with Crippen LogP contribution in [0.3, 0.4) is 0 Å². The van der Waals surface area contributed by atoms with E-state index in [0.29, 0.717) is 35.1 Å². The molecule has 2 aromatic rings. The van der Waals surface area contributed by atoms with Gasteiger partial charge in [0.05, 0.1) is 23.5 Å². The zero-order chi connectivity index (χ0) is 20.5. The van der Waals surface area contributed by atoms with Crippen LogP contribution in [-0.2, 0) is 22.5 Å². The van der Waals surface area contributed by atoms with Crippen LogP contribution in [0.25, 0.3) is 0 Å². The molecule has 0 bridgehead atoms. The Morgan fingerprint density at radius 2 is 1.86 bits per heavy atom. The average molecular weight is 403 g/mol. The monoisotopic (exact) mass is 402 g/mol. The van der Waals surface area contributed by atoms with Crippen LogP contribution >= 0.6 is 11.6 Å². The first-order valence-corrected chi connectivity index (χ1v) is 9.92. The fraction of sp³-hybridized carbons (Fsp3) is 0.364. The van der Waals surface area contributed by atoms with Crippen molar-refractivity contribution in [1.29, 1.82) is 0 Å². The SMILES string of the molecule is CCCCc1ccc(CNc2cc(C(=O)OCC)ccc2NC(C)=O)c(Cl)c1. The second-order valence-corrected chi connectivity index (χ2v) is 6.95. The largest absolute Gasteiger partial charge is 0.462 e. The highest BCUT2D eigenvalue weighted by Gasteiger charge is 2.12. The summed E-state index contributed by atoms with van der Waals surface area (Å²) >= 11 is 6.44. The molecule has 1 amide bonds. The molecule has 2 rings (SSSR count). The predicted octanol–water partition coefficient (Wildman–Crippen LogP) is 5.43. The third kappa shape index (κ3) is 6.27. The zero-order valence-electron chi connectivity index (χ0n) is 16.6. The van der Waals surface area contributed by atoms with E-state index in [1.807, 2.05) is 12.1 Å². The number of esters is 1. The van der Waals surface area contributed by atoms with Crippen molar-refractivity contribution in [2.45, 2.75) is 46.6 Å². The molecule has 0 radical (unpaired) electrons. The summed E-state index contributed by atoms with van der Waals surface area (Å²) in [6.07, 6.45) is 3.29. The van der Waals surface area contributed by atoms with Gasteiger partial charge in [-0.25, -0.2) is 4.79 Å². The van der Waals surface area contributed by atoms with Gasteiger partial charge < -0.3 is 15.4 Å². The number of benzene rings is 2. The number of carbonyl (C=O) groups excluding carboxylic acids is 2. The van der Waals surface area contributed by atoms with Gasteiger partial charge >= 0.3 is 5.97 Å². The zero-order valence-corrected chi connectivity index (χ0v) is 17.4. The smallest absolute Gasteiger partial charge is 0.338 e. The maximum atomic E-state index is 12.0. The number of aryl methyl sites for hydroxylation is 1. The number of hydrogen-bond acceptors (Lipinski definition) is 4. The van der Waals surface area contributed by atoms with E-state index in [4.69, 9.17) is 16.3 Å². The highest BCUT2D eigenvalue weighted by molar-refractivity contribution is 6.31. The van der Waals surface area contributed by atoms with Crippen molar-refractivity contribution in [1.82, 2.24) is 0 Å². The second kappa shape index (κ2) is 10.7. The van der Waals surface area contributed by atoms with E-state index < -0.39 is 5.97 Å². The van der Waals surface area contributed by atoms with Gasteiger partial charge in [0.1, 0.15) is 0 Å². The first-order chi connectivity index (χ1) is 13.4.